The first kappa shape index (κ1) is 26.7. The number of benzene rings is 2. The maximum atomic E-state index is 15.2. The maximum Gasteiger partial charge on any atom is 0.238 e. The van der Waals surface area contributed by atoms with Gasteiger partial charge in [-0.05, 0) is 37.1 Å². The van der Waals surface area contributed by atoms with Crippen molar-refractivity contribution < 1.29 is 23.3 Å². The summed E-state index contributed by atoms with van der Waals surface area (Å²) < 4.78 is 39.4. The van der Waals surface area contributed by atoms with Gasteiger partial charge in [-0.2, -0.15) is 0 Å². The van der Waals surface area contributed by atoms with Crippen LogP contribution in [-0.2, 0) is 0 Å². The predicted octanol–water partition coefficient (Wildman–Crippen LogP) is 6.47. The summed E-state index contributed by atoms with van der Waals surface area (Å²) in [6.45, 7) is 4.13. The van der Waals surface area contributed by atoms with Gasteiger partial charge in [0, 0.05) is 42.0 Å². The average Bonchev–Trinajstić information content (AvgIpc) is 3.45. The van der Waals surface area contributed by atoms with E-state index in [0.29, 0.717) is 45.7 Å². The fourth-order valence-corrected chi connectivity index (χ4v) is 4.12. The van der Waals surface area contributed by atoms with E-state index in [1.54, 1.807) is 67.7 Å². The SMILES string of the molecule is CCC(CC)Oc1cc2c(Nc3ccc(Oc4ccn(-c5ccnc(OC)c5)n4)cc3F)ncnc2cc1OC. The molecule has 3 heterocycles. The minimum atomic E-state index is -0.524. The first-order valence-electron chi connectivity index (χ1n) is 12.8. The number of fused-ring (bicyclic) bond motifs is 1. The molecule has 0 radical (unpaired) electrons. The van der Waals surface area contributed by atoms with Crippen LogP contribution >= 0.6 is 0 Å². The smallest absolute Gasteiger partial charge is 0.238 e. The van der Waals surface area contributed by atoms with Gasteiger partial charge in [0.2, 0.25) is 11.8 Å². The van der Waals surface area contributed by atoms with Gasteiger partial charge in [-0.1, -0.05) is 13.8 Å². The molecule has 206 valence electrons. The Morgan fingerprint density at radius 1 is 0.900 bits per heavy atom. The topological polar surface area (TPSA) is 105 Å². The van der Waals surface area contributed by atoms with Crippen molar-refractivity contribution in [3.05, 3.63) is 73.1 Å². The van der Waals surface area contributed by atoms with Gasteiger partial charge in [0.15, 0.2) is 11.5 Å². The summed E-state index contributed by atoms with van der Waals surface area (Å²) in [5, 5.41) is 8.14. The van der Waals surface area contributed by atoms with Crippen molar-refractivity contribution >= 4 is 22.4 Å². The van der Waals surface area contributed by atoms with E-state index < -0.39 is 5.82 Å². The zero-order valence-electron chi connectivity index (χ0n) is 22.6. The van der Waals surface area contributed by atoms with Crippen LogP contribution < -0.4 is 24.3 Å². The molecule has 0 aliphatic heterocycles. The first-order valence-corrected chi connectivity index (χ1v) is 12.8. The molecule has 0 bridgehead atoms. The van der Waals surface area contributed by atoms with E-state index in [9.17, 15) is 0 Å². The molecule has 0 saturated carbocycles. The summed E-state index contributed by atoms with van der Waals surface area (Å²) in [5.74, 6) is 2.12. The van der Waals surface area contributed by atoms with Gasteiger partial charge in [0.1, 0.15) is 23.7 Å². The molecule has 0 aliphatic carbocycles. The van der Waals surface area contributed by atoms with Crippen LogP contribution in [0.4, 0.5) is 15.9 Å². The number of pyridine rings is 1. The van der Waals surface area contributed by atoms with E-state index in [0.717, 1.165) is 18.5 Å². The molecule has 0 amide bonds. The largest absolute Gasteiger partial charge is 0.493 e. The number of nitrogens with one attached hydrogen (secondary N) is 1. The van der Waals surface area contributed by atoms with Gasteiger partial charge in [-0.3, -0.25) is 0 Å². The molecule has 0 atom stereocenters. The second kappa shape index (κ2) is 11.9. The van der Waals surface area contributed by atoms with Crippen molar-refractivity contribution in [2.45, 2.75) is 32.8 Å². The van der Waals surface area contributed by atoms with E-state index in [1.165, 1.54) is 12.4 Å². The second-order valence-corrected chi connectivity index (χ2v) is 8.82. The minimum absolute atomic E-state index is 0.0382. The minimum Gasteiger partial charge on any atom is -0.493 e. The molecule has 1 N–H and O–H groups in total. The number of aromatic nitrogens is 5. The molecule has 0 aliphatic rings. The quantitative estimate of drug-likeness (QED) is 0.200. The Hall–Kier alpha value is -4.93. The number of hydrogen-bond donors (Lipinski definition) is 1. The van der Waals surface area contributed by atoms with Crippen LogP contribution in [0.1, 0.15) is 26.7 Å². The molecule has 0 saturated heterocycles. The number of halogens is 1. The normalized spacial score (nSPS) is 11.1. The van der Waals surface area contributed by atoms with E-state index in [2.05, 4.69) is 39.2 Å². The van der Waals surface area contributed by atoms with Crippen molar-refractivity contribution in [1.29, 1.82) is 0 Å². The number of methoxy groups -OCH3 is 2. The third kappa shape index (κ3) is 5.73. The number of hydrogen-bond acceptors (Lipinski definition) is 9. The number of nitrogens with zero attached hydrogens (tertiary/aromatic N) is 5. The number of rotatable bonds is 11. The summed E-state index contributed by atoms with van der Waals surface area (Å²) in [7, 11) is 3.13. The lowest BCUT2D eigenvalue weighted by molar-refractivity contribution is 0.185. The highest BCUT2D eigenvalue weighted by Crippen LogP contribution is 2.36. The molecule has 3 aromatic heterocycles. The van der Waals surface area contributed by atoms with Crippen LogP contribution in [0.15, 0.2) is 67.3 Å². The van der Waals surface area contributed by atoms with Crippen LogP contribution in [0.5, 0.6) is 29.0 Å². The van der Waals surface area contributed by atoms with Crippen molar-refractivity contribution in [3.63, 3.8) is 0 Å². The Bertz CT molecular complexity index is 1620. The lowest BCUT2D eigenvalue weighted by atomic mass is 10.1. The third-order valence-electron chi connectivity index (χ3n) is 6.30. The van der Waals surface area contributed by atoms with Gasteiger partial charge in [0.25, 0.3) is 0 Å². The van der Waals surface area contributed by atoms with E-state index in [-0.39, 0.29) is 11.8 Å². The lowest BCUT2D eigenvalue weighted by Crippen LogP contribution is -2.14. The van der Waals surface area contributed by atoms with Gasteiger partial charge in [0.05, 0.1) is 37.2 Å². The Morgan fingerprint density at radius 2 is 1.75 bits per heavy atom. The average molecular weight is 545 g/mol. The zero-order valence-corrected chi connectivity index (χ0v) is 22.6. The molecule has 5 rings (SSSR count). The van der Waals surface area contributed by atoms with Crippen LogP contribution in [0, 0.1) is 5.82 Å². The van der Waals surface area contributed by atoms with Crippen LogP contribution in [0.25, 0.3) is 16.6 Å². The van der Waals surface area contributed by atoms with E-state index in [4.69, 9.17) is 18.9 Å². The molecular weight excluding hydrogens is 515 g/mol. The second-order valence-electron chi connectivity index (χ2n) is 8.82. The molecule has 40 heavy (non-hydrogen) atoms. The summed E-state index contributed by atoms with van der Waals surface area (Å²) in [4.78, 5) is 12.8. The monoisotopic (exact) mass is 544 g/mol. The Kier molecular flexibility index (Phi) is 7.90. The van der Waals surface area contributed by atoms with Crippen LogP contribution in [-0.4, -0.2) is 45.1 Å². The van der Waals surface area contributed by atoms with Crippen molar-refractivity contribution in [2.24, 2.45) is 0 Å². The molecular formula is C29H29FN6O4. The van der Waals surface area contributed by atoms with Crippen LogP contribution in [0.3, 0.4) is 0 Å². The predicted molar refractivity (Wildman–Crippen MR) is 149 cm³/mol. The Morgan fingerprint density at radius 3 is 2.50 bits per heavy atom. The van der Waals surface area contributed by atoms with Gasteiger partial charge in [-0.25, -0.2) is 24.0 Å². The molecule has 2 aromatic carbocycles. The summed E-state index contributed by atoms with van der Waals surface area (Å²) in [6, 6.07) is 13.3. The van der Waals surface area contributed by atoms with Gasteiger partial charge in [-0.15, -0.1) is 5.10 Å². The summed E-state index contributed by atoms with van der Waals surface area (Å²) in [5.41, 5.74) is 1.60. The molecule has 10 nitrogen and oxygen atoms in total. The Labute approximate surface area is 230 Å². The molecule has 0 unspecified atom stereocenters. The molecule has 0 spiro atoms. The van der Waals surface area contributed by atoms with Gasteiger partial charge >= 0.3 is 0 Å². The standard InChI is InChI=1S/C29H29FN6O4/c1-5-19(6-2)39-26-15-21-24(16-25(26)37-3)32-17-33-29(21)34-23-8-7-20(14-22(23)30)40-27-10-12-36(35-27)18-9-11-31-28(13-18)38-4/h7-17,19H,5-6H2,1-4H3,(H,32,33,34). The highest BCUT2D eigenvalue weighted by atomic mass is 19.1. The molecule has 0 fully saturated rings. The van der Waals surface area contributed by atoms with E-state index >= 15 is 4.39 Å². The Balaban J connectivity index is 1.36. The molecule has 5 aromatic rings. The summed E-state index contributed by atoms with van der Waals surface area (Å²) >= 11 is 0. The highest BCUT2D eigenvalue weighted by molar-refractivity contribution is 5.93. The highest BCUT2D eigenvalue weighted by Gasteiger charge is 2.16. The molecule has 11 heteroatoms. The number of anilines is 2. The maximum absolute atomic E-state index is 15.2. The van der Waals surface area contributed by atoms with Crippen molar-refractivity contribution in [3.8, 4) is 34.7 Å². The first-order chi connectivity index (χ1) is 19.5. The fourth-order valence-electron chi connectivity index (χ4n) is 4.12. The summed E-state index contributed by atoms with van der Waals surface area (Å²) in [6.07, 6.45) is 6.51. The van der Waals surface area contributed by atoms with Crippen LogP contribution in [0.2, 0.25) is 0 Å². The van der Waals surface area contributed by atoms with E-state index in [1.807, 2.05) is 6.07 Å². The lowest BCUT2D eigenvalue weighted by Gasteiger charge is -2.19. The van der Waals surface area contributed by atoms with Crippen molar-refractivity contribution in [1.82, 2.24) is 24.7 Å². The zero-order chi connectivity index (χ0) is 28.1. The fraction of sp³-hybridized carbons (Fsp3) is 0.241. The van der Waals surface area contributed by atoms with Gasteiger partial charge < -0.3 is 24.3 Å². The third-order valence-corrected chi connectivity index (χ3v) is 6.30. The number of ether oxygens (including phenoxy) is 4. The van der Waals surface area contributed by atoms with Crippen molar-refractivity contribution in [2.75, 3.05) is 19.5 Å².